The first-order chi connectivity index (χ1) is 8.89. The van der Waals surface area contributed by atoms with E-state index < -0.39 is 21.2 Å². The smallest absolute Gasteiger partial charge is 0.323 e. The second kappa shape index (κ2) is 6.65. The van der Waals surface area contributed by atoms with E-state index in [1.807, 2.05) is 0 Å². The molecule has 1 unspecified atom stereocenters. The number of rotatable bonds is 7. The van der Waals surface area contributed by atoms with E-state index in [0.29, 0.717) is 0 Å². The Kier molecular flexibility index (Phi) is 5.46. The van der Waals surface area contributed by atoms with Crippen molar-refractivity contribution in [2.24, 2.45) is 0 Å². The molecule has 0 amide bonds. The van der Waals surface area contributed by atoms with Crippen LogP contribution in [0.1, 0.15) is 12.5 Å². The minimum atomic E-state index is -3.99. The number of carboxylic acids is 1. The van der Waals surface area contributed by atoms with Gasteiger partial charge in [-0.3, -0.25) is 4.79 Å². The summed E-state index contributed by atoms with van der Waals surface area (Å²) < 4.78 is 25.2. The second-order valence-electron chi connectivity index (χ2n) is 4.07. The highest BCUT2D eigenvalue weighted by Gasteiger charge is 2.33. The summed E-state index contributed by atoms with van der Waals surface area (Å²) in [7, 11) is -3.99. The van der Waals surface area contributed by atoms with E-state index in [9.17, 15) is 13.2 Å². The van der Waals surface area contributed by atoms with Gasteiger partial charge in [-0.2, -0.15) is 4.31 Å². The van der Waals surface area contributed by atoms with E-state index in [4.69, 9.17) is 10.2 Å². The van der Waals surface area contributed by atoms with Crippen LogP contribution in [-0.2, 0) is 21.4 Å². The lowest BCUT2D eigenvalue weighted by atomic mass is 10.2. The lowest BCUT2D eigenvalue weighted by molar-refractivity contribution is -0.136. The normalized spacial score (nSPS) is 13.4. The second-order valence-corrected chi connectivity index (χ2v) is 6.32. The van der Waals surface area contributed by atoms with Crippen LogP contribution in [0, 0.1) is 0 Å². The molecule has 7 heteroatoms. The number of nitrogens with zero attached hydrogens (tertiary/aromatic N) is 1. The van der Waals surface area contributed by atoms with Crippen molar-refractivity contribution >= 4 is 16.0 Å². The minimum Gasteiger partial charge on any atom is -0.480 e. The van der Waals surface area contributed by atoms with Gasteiger partial charge < -0.3 is 10.2 Å². The maximum absolute atomic E-state index is 12.1. The predicted molar refractivity (Wildman–Crippen MR) is 70.0 cm³/mol. The van der Waals surface area contributed by atoms with Gasteiger partial charge in [0.25, 0.3) is 0 Å². The molecule has 0 aliphatic heterocycles. The quantitative estimate of drug-likeness (QED) is 0.751. The van der Waals surface area contributed by atoms with Gasteiger partial charge in [0.2, 0.25) is 10.0 Å². The standard InChI is InChI=1S/C12H17NO5S/c1-10(12(15)16)19(17,18)13(7-8-14)9-11-5-3-2-4-6-11/h2-6,10,14H,7-9H2,1H3,(H,15,16). The van der Waals surface area contributed by atoms with Crippen molar-refractivity contribution in [1.82, 2.24) is 4.31 Å². The minimum absolute atomic E-state index is 0.0430. The summed E-state index contributed by atoms with van der Waals surface area (Å²) in [6.07, 6.45) is 0. The van der Waals surface area contributed by atoms with Crippen LogP contribution in [0.25, 0.3) is 0 Å². The van der Waals surface area contributed by atoms with Gasteiger partial charge in [-0.25, -0.2) is 8.42 Å². The van der Waals surface area contributed by atoms with Gasteiger partial charge in [0.1, 0.15) is 0 Å². The van der Waals surface area contributed by atoms with Gasteiger partial charge in [-0.15, -0.1) is 0 Å². The van der Waals surface area contributed by atoms with Crippen LogP contribution >= 0.6 is 0 Å². The fraction of sp³-hybridized carbons (Fsp3) is 0.417. The summed E-state index contributed by atoms with van der Waals surface area (Å²) in [4.78, 5) is 10.8. The number of aliphatic hydroxyl groups excluding tert-OH is 1. The molecular weight excluding hydrogens is 270 g/mol. The molecule has 0 aliphatic carbocycles. The Morgan fingerprint density at radius 1 is 1.32 bits per heavy atom. The third-order valence-corrected chi connectivity index (χ3v) is 4.83. The third-order valence-electron chi connectivity index (χ3n) is 2.71. The molecule has 1 atom stereocenters. The number of hydrogen-bond donors (Lipinski definition) is 2. The Labute approximate surface area is 112 Å². The monoisotopic (exact) mass is 287 g/mol. The molecule has 6 nitrogen and oxygen atoms in total. The molecule has 1 aromatic carbocycles. The molecule has 2 N–H and O–H groups in total. The van der Waals surface area contributed by atoms with Crippen LogP contribution in [0.15, 0.2) is 30.3 Å². The zero-order chi connectivity index (χ0) is 14.5. The number of aliphatic carboxylic acids is 1. The van der Waals surface area contributed by atoms with E-state index in [1.165, 1.54) is 0 Å². The van der Waals surface area contributed by atoms with Gasteiger partial charge in [-0.1, -0.05) is 30.3 Å². The number of carbonyl (C=O) groups is 1. The third kappa shape index (κ3) is 4.02. The summed E-state index contributed by atoms with van der Waals surface area (Å²) in [6, 6.07) is 8.81. The topological polar surface area (TPSA) is 94.9 Å². The molecule has 1 rings (SSSR count). The van der Waals surface area contributed by atoms with Crippen molar-refractivity contribution in [2.75, 3.05) is 13.2 Å². The Balaban J connectivity index is 2.97. The van der Waals surface area contributed by atoms with E-state index >= 15 is 0 Å². The molecule has 0 saturated heterocycles. The van der Waals surface area contributed by atoms with E-state index in [2.05, 4.69) is 0 Å². The largest absolute Gasteiger partial charge is 0.480 e. The molecule has 0 bridgehead atoms. The van der Waals surface area contributed by atoms with Crippen molar-refractivity contribution in [3.63, 3.8) is 0 Å². The maximum Gasteiger partial charge on any atom is 0.323 e. The molecule has 0 aliphatic rings. The number of sulfonamides is 1. The lowest BCUT2D eigenvalue weighted by Gasteiger charge is -2.23. The molecule has 0 fully saturated rings. The number of aliphatic hydroxyl groups is 1. The Bertz CT molecular complexity index is 514. The van der Waals surface area contributed by atoms with Crippen LogP contribution in [-0.4, -0.2) is 47.3 Å². The summed E-state index contributed by atoms with van der Waals surface area (Å²) in [5.74, 6) is -1.41. The van der Waals surface area contributed by atoms with Gasteiger partial charge in [-0.05, 0) is 12.5 Å². The van der Waals surface area contributed by atoms with E-state index in [-0.39, 0.29) is 19.7 Å². The SMILES string of the molecule is CC(C(=O)O)S(=O)(=O)N(CCO)Cc1ccccc1. The average Bonchev–Trinajstić information content (AvgIpc) is 2.38. The first-order valence-electron chi connectivity index (χ1n) is 5.76. The Morgan fingerprint density at radius 2 is 1.89 bits per heavy atom. The molecule has 0 heterocycles. The van der Waals surface area contributed by atoms with Gasteiger partial charge in [0.15, 0.2) is 5.25 Å². The average molecular weight is 287 g/mol. The zero-order valence-corrected chi connectivity index (χ0v) is 11.4. The summed E-state index contributed by atoms with van der Waals surface area (Å²) in [6.45, 7) is 0.668. The van der Waals surface area contributed by atoms with Crippen molar-refractivity contribution < 1.29 is 23.4 Å². The predicted octanol–water partition coefficient (Wildman–Crippen LogP) is 0.284. The first-order valence-corrected chi connectivity index (χ1v) is 7.26. The fourth-order valence-corrected chi connectivity index (χ4v) is 2.91. The number of carboxylic acid groups (broad SMARTS) is 1. The van der Waals surface area contributed by atoms with Crippen LogP contribution in [0.4, 0.5) is 0 Å². The van der Waals surface area contributed by atoms with Crippen molar-refractivity contribution in [3.05, 3.63) is 35.9 Å². The molecular formula is C12H17NO5S. The fourth-order valence-electron chi connectivity index (χ4n) is 1.55. The van der Waals surface area contributed by atoms with Crippen LogP contribution in [0.2, 0.25) is 0 Å². The van der Waals surface area contributed by atoms with Gasteiger partial charge in [0, 0.05) is 13.1 Å². The Hall–Kier alpha value is -1.44. The highest BCUT2D eigenvalue weighted by atomic mass is 32.2. The van der Waals surface area contributed by atoms with E-state index in [0.717, 1.165) is 16.8 Å². The van der Waals surface area contributed by atoms with Gasteiger partial charge in [0.05, 0.1) is 6.61 Å². The van der Waals surface area contributed by atoms with Crippen molar-refractivity contribution in [3.8, 4) is 0 Å². The van der Waals surface area contributed by atoms with Crippen molar-refractivity contribution in [2.45, 2.75) is 18.7 Å². The number of hydrogen-bond acceptors (Lipinski definition) is 4. The molecule has 0 saturated carbocycles. The summed E-state index contributed by atoms with van der Waals surface area (Å²) in [5, 5.41) is 16.2. The van der Waals surface area contributed by atoms with Crippen LogP contribution in [0.3, 0.4) is 0 Å². The number of benzene rings is 1. The molecule has 19 heavy (non-hydrogen) atoms. The molecule has 0 radical (unpaired) electrons. The first kappa shape index (κ1) is 15.6. The molecule has 1 aromatic rings. The highest BCUT2D eigenvalue weighted by molar-refractivity contribution is 7.90. The Morgan fingerprint density at radius 3 is 2.37 bits per heavy atom. The highest BCUT2D eigenvalue weighted by Crippen LogP contribution is 2.13. The van der Waals surface area contributed by atoms with Crippen LogP contribution in [0.5, 0.6) is 0 Å². The van der Waals surface area contributed by atoms with Crippen LogP contribution < -0.4 is 0 Å². The molecule has 0 aromatic heterocycles. The summed E-state index contributed by atoms with van der Waals surface area (Å²) in [5.41, 5.74) is 0.733. The van der Waals surface area contributed by atoms with Gasteiger partial charge >= 0.3 is 5.97 Å². The summed E-state index contributed by atoms with van der Waals surface area (Å²) >= 11 is 0. The zero-order valence-electron chi connectivity index (χ0n) is 10.6. The van der Waals surface area contributed by atoms with Crippen molar-refractivity contribution in [1.29, 1.82) is 0 Å². The molecule has 106 valence electrons. The molecule has 0 spiro atoms. The lowest BCUT2D eigenvalue weighted by Crippen LogP contribution is -2.42. The van der Waals surface area contributed by atoms with E-state index in [1.54, 1.807) is 30.3 Å². The maximum atomic E-state index is 12.1.